The molecule has 7 nitrogen and oxygen atoms in total. The summed E-state index contributed by atoms with van der Waals surface area (Å²) in [5.74, 6) is -1.71. The van der Waals surface area contributed by atoms with Crippen LogP contribution in [0.2, 0.25) is 0 Å². The molecule has 32 heavy (non-hydrogen) atoms. The highest BCUT2D eigenvalue weighted by Gasteiger charge is 2.28. The van der Waals surface area contributed by atoms with Crippen molar-refractivity contribution in [2.45, 2.75) is 39.3 Å². The van der Waals surface area contributed by atoms with E-state index < -0.39 is 18.6 Å². The first-order valence-electron chi connectivity index (χ1n) is 10.9. The second kappa shape index (κ2) is 12.7. The normalized spacial score (nSPS) is 13.6. The lowest BCUT2D eigenvalue weighted by Crippen LogP contribution is -2.51. The number of hydrogen-bond acceptors (Lipinski definition) is 5. The summed E-state index contributed by atoms with van der Waals surface area (Å²) >= 11 is 0. The van der Waals surface area contributed by atoms with Gasteiger partial charge < -0.3 is 21.5 Å². The van der Waals surface area contributed by atoms with Crippen LogP contribution in [0.3, 0.4) is 0 Å². The lowest BCUT2D eigenvalue weighted by molar-refractivity contribution is -0.127. The van der Waals surface area contributed by atoms with Crippen molar-refractivity contribution in [1.82, 2.24) is 10.6 Å². The number of carbonyl (C=O) groups is 3. The van der Waals surface area contributed by atoms with Gasteiger partial charge in [-0.25, -0.2) is 0 Å². The van der Waals surface area contributed by atoms with Crippen molar-refractivity contribution in [2.24, 2.45) is 17.6 Å². The molecule has 0 fully saturated rings. The average molecular weight is 440 g/mol. The summed E-state index contributed by atoms with van der Waals surface area (Å²) in [7, 11) is 0. The molecule has 0 aliphatic carbocycles. The molecule has 0 saturated heterocycles. The van der Waals surface area contributed by atoms with E-state index in [1.54, 1.807) is 18.2 Å². The maximum atomic E-state index is 13.0. The van der Waals surface area contributed by atoms with Gasteiger partial charge in [-0.3, -0.25) is 14.4 Å². The molecule has 0 aromatic heterocycles. The molecule has 2 amide bonds. The Hall–Kier alpha value is -3.03. The van der Waals surface area contributed by atoms with E-state index in [-0.39, 0.29) is 30.1 Å². The molecule has 3 atom stereocenters. The van der Waals surface area contributed by atoms with E-state index in [1.807, 2.05) is 50.2 Å². The van der Waals surface area contributed by atoms with Gasteiger partial charge in [0.15, 0.2) is 5.78 Å². The van der Waals surface area contributed by atoms with Gasteiger partial charge in [-0.1, -0.05) is 62.7 Å². The maximum absolute atomic E-state index is 13.0. The van der Waals surface area contributed by atoms with Gasteiger partial charge in [0.1, 0.15) is 12.6 Å². The first-order valence-corrected chi connectivity index (χ1v) is 10.9. The minimum Gasteiger partial charge on any atom is -0.389 e. The van der Waals surface area contributed by atoms with Gasteiger partial charge in [0.2, 0.25) is 5.91 Å². The van der Waals surface area contributed by atoms with E-state index >= 15 is 0 Å². The third kappa shape index (κ3) is 7.28. The Bertz CT molecular complexity index is 901. The summed E-state index contributed by atoms with van der Waals surface area (Å²) in [6.07, 6.45) is 1.09. The third-order valence-corrected chi connectivity index (χ3v) is 5.67. The van der Waals surface area contributed by atoms with Gasteiger partial charge in [0.25, 0.3) is 5.91 Å². The molecular formula is C25H33N3O4. The Balaban J connectivity index is 2.08. The standard InChI is InChI=1S/C25H33N3O4/c1-3-17(2)23(28-24(31)20-11-7-10-19(13-20)14-26)25(32)27-15-21(22(30)16-29)12-18-8-5-4-6-9-18/h4-11,13,17,21,23,29H,3,12,14-16,26H2,1-2H3,(H,27,32)(H,28,31)/t17-,21-,23-/m0/s1. The van der Waals surface area contributed by atoms with Gasteiger partial charge in [0.05, 0.1) is 0 Å². The van der Waals surface area contributed by atoms with Crippen molar-refractivity contribution >= 4 is 17.6 Å². The van der Waals surface area contributed by atoms with Crippen LogP contribution in [0.25, 0.3) is 0 Å². The highest BCUT2D eigenvalue weighted by atomic mass is 16.3. The fourth-order valence-electron chi connectivity index (χ4n) is 3.43. The summed E-state index contributed by atoms with van der Waals surface area (Å²) in [6.45, 7) is 3.65. The predicted octanol–water partition coefficient (Wildman–Crippen LogP) is 1.83. The Morgan fingerprint density at radius 2 is 1.72 bits per heavy atom. The highest BCUT2D eigenvalue weighted by Crippen LogP contribution is 2.13. The number of carbonyl (C=O) groups excluding carboxylic acids is 3. The van der Waals surface area contributed by atoms with Gasteiger partial charge in [-0.15, -0.1) is 0 Å². The summed E-state index contributed by atoms with van der Waals surface area (Å²) in [6, 6.07) is 15.7. The zero-order chi connectivity index (χ0) is 23.5. The van der Waals surface area contributed by atoms with Crippen LogP contribution in [0.1, 0.15) is 41.8 Å². The molecule has 0 saturated carbocycles. The fourth-order valence-corrected chi connectivity index (χ4v) is 3.43. The number of hydrogen-bond donors (Lipinski definition) is 4. The monoisotopic (exact) mass is 439 g/mol. The van der Waals surface area contributed by atoms with E-state index in [1.165, 1.54) is 0 Å². The number of Topliss-reactive ketones (excluding diaryl/α,β-unsaturated/α-hetero) is 1. The van der Waals surface area contributed by atoms with E-state index in [9.17, 15) is 19.5 Å². The van der Waals surface area contributed by atoms with Crippen LogP contribution in [-0.4, -0.2) is 41.9 Å². The van der Waals surface area contributed by atoms with Crippen LogP contribution in [0, 0.1) is 11.8 Å². The largest absolute Gasteiger partial charge is 0.389 e. The Morgan fingerprint density at radius 3 is 2.34 bits per heavy atom. The molecule has 0 aliphatic rings. The predicted molar refractivity (Wildman–Crippen MR) is 124 cm³/mol. The fraction of sp³-hybridized carbons (Fsp3) is 0.400. The van der Waals surface area contributed by atoms with Crippen LogP contribution in [0.4, 0.5) is 0 Å². The summed E-state index contributed by atoms with van der Waals surface area (Å²) < 4.78 is 0. The van der Waals surface area contributed by atoms with E-state index in [4.69, 9.17) is 5.73 Å². The molecule has 0 heterocycles. The molecule has 0 unspecified atom stereocenters. The smallest absolute Gasteiger partial charge is 0.251 e. The number of amides is 2. The first-order chi connectivity index (χ1) is 15.4. The number of benzene rings is 2. The van der Waals surface area contributed by atoms with Crippen LogP contribution < -0.4 is 16.4 Å². The molecule has 2 rings (SSSR count). The van der Waals surface area contributed by atoms with Crippen molar-refractivity contribution in [3.8, 4) is 0 Å². The molecule has 0 spiro atoms. The summed E-state index contributed by atoms with van der Waals surface area (Å²) in [4.78, 5) is 38.0. The molecule has 2 aromatic rings. The minimum atomic E-state index is -0.754. The SMILES string of the molecule is CC[C@H](C)[C@H](NC(=O)c1cccc(CN)c1)C(=O)NC[C@H](Cc1ccccc1)C(=O)CO. The molecule has 0 radical (unpaired) electrons. The topological polar surface area (TPSA) is 122 Å². The molecule has 2 aromatic carbocycles. The van der Waals surface area contributed by atoms with Crippen LogP contribution >= 0.6 is 0 Å². The van der Waals surface area contributed by atoms with E-state index in [2.05, 4.69) is 10.6 Å². The van der Waals surface area contributed by atoms with Crippen LogP contribution in [0.15, 0.2) is 54.6 Å². The van der Waals surface area contributed by atoms with Crippen molar-refractivity contribution in [3.63, 3.8) is 0 Å². The van der Waals surface area contributed by atoms with E-state index in [0.29, 0.717) is 24.9 Å². The lowest BCUT2D eigenvalue weighted by Gasteiger charge is -2.25. The Labute approximate surface area is 189 Å². The van der Waals surface area contributed by atoms with Crippen LogP contribution in [-0.2, 0) is 22.6 Å². The number of ketones is 1. The summed E-state index contributed by atoms with van der Waals surface area (Å²) in [5, 5.41) is 15.0. The molecule has 7 heteroatoms. The third-order valence-electron chi connectivity index (χ3n) is 5.67. The highest BCUT2D eigenvalue weighted by molar-refractivity contribution is 5.97. The summed E-state index contributed by atoms with van der Waals surface area (Å²) in [5.41, 5.74) is 7.86. The van der Waals surface area contributed by atoms with Gasteiger partial charge in [0, 0.05) is 24.6 Å². The quantitative estimate of drug-likeness (QED) is 0.402. The number of nitrogens with one attached hydrogen (secondary N) is 2. The maximum Gasteiger partial charge on any atom is 0.251 e. The van der Waals surface area contributed by atoms with Gasteiger partial charge in [-0.2, -0.15) is 0 Å². The Morgan fingerprint density at radius 1 is 1.03 bits per heavy atom. The minimum absolute atomic E-state index is 0.0819. The van der Waals surface area contributed by atoms with Crippen LogP contribution in [0.5, 0.6) is 0 Å². The molecule has 172 valence electrons. The Kier molecular flexibility index (Phi) is 10.0. The molecule has 5 N–H and O–H groups in total. The zero-order valence-corrected chi connectivity index (χ0v) is 18.7. The molecular weight excluding hydrogens is 406 g/mol. The van der Waals surface area contributed by atoms with Crippen molar-refractivity contribution in [3.05, 3.63) is 71.3 Å². The van der Waals surface area contributed by atoms with Gasteiger partial charge in [-0.05, 0) is 35.6 Å². The lowest BCUT2D eigenvalue weighted by atomic mass is 9.94. The number of rotatable bonds is 12. The zero-order valence-electron chi connectivity index (χ0n) is 18.7. The van der Waals surface area contributed by atoms with Crippen molar-refractivity contribution in [1.29, 1.82) is 0 Å². The average Bonchev–Trinajstić information content (AvgIpc) is 2.84. The van der Waals surface area contributed by atoms with Gasteiger partial charge >= 0.3 is 0 Å². The second-order valence-corrected chi connectivity index (χ2v) is 8.00. The molecule has 0 aliphatic heterocycles. The molecule has 0 bridgehead atoms. The number of aliphatic hydroxyl groups is 1. The van der Waals surface area contributed by atoms with Crippen molar-refractivity contribution in [2.75, 3.05) is 13.2 Å². The van der Waals surface area contributed by atoms with E-state index in [0.717, 1.165) is 11.1 Å². The second-order valence-electron chi connectivity index (χ2n) is 8.00. The number of nitrogens with two attached hydrogens (primary N) is 1. The number of aliphatic hydroxyl groups excluding tert-OH is 1. The van der Waals surface area contributed by atoms with Crippen molar-refractivity contribution < 1.29 is 19.5 Å². The first kappa shape index (κ1) is 25.2.